The van der Waals surface area contributed by atoms with Crippen LogP contribution in [0.2, 0.25) is 5.02 Å². The molecule has 0 aromatic heterocycles. The van der Waals surface area contributed by atoms with Gasteiger partial charge in [0.25, 0.3) is 0 Å². The van der Waals surface area contributed by atoms with Gasteiger partial charge < -0.3 is 4.74 Å². The molecule has 0 radical (unpaired) electrons. The fourth-order valence-electron chi connectivity index (χ4n) is 1.28. The van der Waals surface area contributed by atoms with E-state index in [1.807, 2.05) is 31.2 Å². The Morgan fingerprint density at radius 2 is 2.14 bits per heavy atom. The van der Waals surface area contributed by atoms with E-state index in [0.717, 1.165) is 17.0 Å². The highest BCUT2D eigenvalue weighted by Crippen LogP contribution is 2.17. The third kappa shape index (κ3) is 3.64. The van der Waals surface area contributed by atoms with E-state index in [-0.39, 0.29) is 12.7 Å². The summed E-state index contributed by atoms with van der Waals surface area (Å²) in [5.41, 5.74) is 1.04. The van der Waals surface area contributed by atoms with Crippen molar-refractivity contribution in [2.24, 2.45) is 0 Å². The second-order valence-corrected chi connectivity index (χ2v) is 3.57. The van der Waals surface area contributed by atoms with Crippen LogP contribution in [0.4, 0.5) is 4.39 Å². The molecule has 0 aliphatic carbocycles. The van der Waals surface area contributed by atoms with Gasteiger partial charge in [0.15, 0.2) is 0 Å². The molecular formula is C11H14ClFO. The first-order chi connectivity index (χ1) is 6.74. The molecule has 1 unspecified atom stereocenters. The summed E-state index contributed by atoms with van der Waals surface area (Å²) in [6.45, 7) is 1.64. The molecule has 3 heteroatoms. The Morgan fingerprint density at radius 1 is 1.43 bits per heavy atom. The summed E-state index contributed by atoms with van der Waals surface area (Å²) in [6, 6.07) is 7.62. The van der Waals surface area contributed by atoms with Crippen molar-refractivity contribution >= 4 is 11.6 Å². The second-order valence-electron chi connectivity index (χ2n) is 3.17. The molecule has 0 saturated carbocycles. The smallest absolute Gasteiger partial charge is 0.113 e. The largest absolute Gasteiger partial charge is 0.375 e. The van der Waals surface area contributed by atoms with E-state index >= 15 is 0 Å². The van der Waals surface area contributed by atoms with Gasteiger partial charge in [0.05, 0.1) is 12.7 Å². The highest BCUT2D eigenvalue weighted by atomic mass is 35.5. The van der Waals surface area contributed by atoms with E-state index < -0.39 is 6.67 Å². The van der Waals surface area contributed by atoms with Crippen LogP contribution < -0.4 is 0 Å². The lowest BCUT2D eigenvalue weighted by molar-refractivity contribution is 0.0566. The van der Waals surface area contributed by atoms with Crippen molar-refractivity contribution in [1.82, 2.24) is 0 Å². The summed E-state index contributed by atoms with van der Waals surface area (Å²) in [6.07, 6.45) is 0.727. The zero-order valence-corrected chi connectivity index (χ0v) is 8.93. The van der Waals surface area contributed by atoms with Crippen molar-refractivity contribution < 1.29 is 9.13 Å². The third-order valence-electron chi connectivity index (χ3n) is 1.94. The third-order valence-corrected chi connectivity index (χ3v) is 2.31. The summed E-state index contributed by atoms with van der Waals surface area (Å²) in [5, 5.41) is 0.739. The van der Waals surface area contributed by atoms with Gasteiger partial charge in [-0.25, -0.2) is 4.39 Å². The normalized spacial score (nSPS) is 12.8. The highest BCUT2D eigenvalue weighted by Gasteiger charge is 2.06. The Hall–Kier alpha value is -0.600. The van der Waals surface area contributed by atoms with Crippen molar-refractivity contribution in [3.8, 4) is 0 Å². The molecule has 1 atom stereocenters. The van der Waals surface area contributed by atoms with Crippen LogP contribution in [0, 0.1) is 0 Å². The van der Waals surface area contributed by atoms with Crippen molar-refractivity contribution in [2.75, 3.05) is 13.3 Å². The molecule has 0 saturated heterocycles. The zero-order valence-electron chi connectivity index (χ0n) is 8.17. The Morgan fingerprint density at radius 3 is 2.79 bits per heavy atom. The van der Waals surface area contributed by atoms with Crippen molar-refractivity contribution in [3.63, 3.8) is 0 Å². The maximum atomic E-state index is 11.8. The van der Waals surface area contributed by atoms with Crippen molar-refractivity contribution in [1.29, 1.82) is 0 Å². The predicted molar refractivity (Wildman–Crippen MR) is 56.5 cm³/mol. The number of halogens is 2. The number of ether oxygens (including phenoxy) is 1. The van der Waals surface area contributed by atoms with Gasteiger partial charge in [-0.2, -0.15) is 0 Å². The lowest BCUT2D eigenvalue weighted by Gasteiger charge is -2.12. The maximum Gasteiger partial charge on any atom is 0.113 e. The average molecular weight is 217 g/mol. The van der Waals surface area contributed by atoms with Gasteiger partial charge in [-0.15, -0.1) is 0 Å². The molecule has 78 valence electrons. The lowest BCUT2D eigenvalue weighted by Crippen LogP contribution is -2.13. The predicted octanol–water partition coefficient (Wildman–Crippen LogP) is 3.26. The fourth-order valence-corrected chi connectivity index (χ4v) is 1.49. The Bertz CT molecular complexity index is 278. The maximum absolute atomic E-state index is 11.8. The number of benzene rings is 1. The SMILES string of the molecule is CC(Cc1ccccc1Cl)OCCF. The van der Waals surface area contributed by atoms with Gasteiger partial charge in [-0.05, 0) is 25.0 Å². The second kappa shape index (κ2) is 5.99. The Balaban J connectivity index is 2.47. The van der Waals surface area contributed by atoms with Crippen LogP contribution in [-0.2, 0) is 11.2 Å². The first-order valence-corrected chi connectivity index (χ1v) is 5.03. The lowest BCUT2D eigenvalue weighted by atomic mass is 10.1. The van der Waals surface area contributed by atoms with Gasteiger partial charge in [-0.1, -0.05) is 29.8 Å². The molecule has 0 heterocycles. The van der Waals surface area contributed by atoms with Crippen LogP contribution in [0.15, 0.2) is 24.3 Å². The summed E-state index contributed by atoms with van der Waals surface area (Å²) < 4.78 is 17.0. The molecule has 14 heavy (non-hydrogen) atoms. The van der Waals surface area contributed by atoms with E-state index in [2.05, 4.69) is 0 Å². The molecule has 0 N–H and O–H groups in total. The molecule has 0 spiro atoms. The van der Waals surface area contributed by atoms with Crippen molar-refractivity contribution in [2.45, 2.75) is 19.4 Å². The molecule has 0 fully saturated rings. The van der Waals surface area contributed by atoms with E-state index in [1.165, 1.54) is 0 Å². The molecule has 0 aliphatic rings. The summed E-state index contributed by atoms with van der Waals surface area (Å²) >= 11 is 5.97. The van der Waals surface area contributed by atoms with E-state index in [9.17, 15) is 4.39 Å². The highest BCUT2D eigenvalue weighted by molar-refractivity contribution is 6.31. The minimum Gasteiger partial charge on any atom is -0.375 e. The molecular weight excluding hydrogens is 203 g/mol. The topological polar surface area (TPSA) is 9.23 Å². The number of hydrogen-bond acceptors (Lipinski definition) is 1. The molecule has 0 amide bonds. The Kier molecular flexibility index (Phi) is 4.91. The quantitative estimate of drug-likeness (QED) is 0.734. The first-order valence-electron chi connectivity index (χ1n) is 4.65. The molecule has 1 rings (SSSR count). The van der Waals surface area contributed by atoms with Gasteiger partial charge in [0, 0.05) is 5.02 Å². The van der Waals surface area contributed by atoms with Crippen LogP contribution >= 0.6 is 11.6 Å². The molecule has 1 nitrogen and oxygen atoms in total. The van der Waals surface area contributed by atoms with E-state index in [1.54, 1.807) is 0 Å². The van der Waals surface area contributed by atoms with Crippen LogP contribution in [-0.4, -0.2) is 19.4 Å². The van der Waals surface area contributed by atoms with E-state index in [4.69, 9.17) is 16.3 Å². The van der Waals surface area contributed by atoms with Gasteiger partial charge in [-0.3, -0.25) is 0 Å². The number of hydrogen-bond donors (Lipinski definition) is 0. The zero-order chi connectivity index (χ0) is 10.4. The van der Waals surface area contributed by atoms with Gasteiger partial charge in [0.2, 0.25) is 0 Å². The molecule has 0 aliphatic heterocycles. The summed E-state index contributed by atoms with van der Waals surface area (Å²) in [5.74, 6) is 0. The standard InChI is InChI=1S/C11H14ClFO/c1-9(14-7-6-13)8-10-4-2-3-5-11(10)12/h2-5,9H,6-8H2,1H3. The fraction of sp³-hybridized carbons (Fsp3) is 0.455. The summed E-state index contributed by atoms with van der Waals surface area (Å²) in [7, 11) is 0. The van der Waals surface area contributed by atoms with Crippen LogP contribution in [0.1, 0.15) is 12.5 Å². The minimum atomic E-state index is -0.438. The van der Waals surface area contributed by atoms with Crippen LogP contribution in [0.25, 0.3) is 0 Å². The van der Waals surface area contributed by atoms with Gasteiger partial charge >= 0.3 is 0 Å². The molecule has 1 aromatic carbocycles. The summed E-state index contributed by atoms with van der Waals surface area (Å²) in [4.78, 5) is 0. The van der Waals surface area contributed by atoms with Crippen molar-refractivity contribution in [3.05, 3.63) is 34.9 Å². The molecule has 0 bridgehead atoms. The molecule has 1 aromatic rings. The Labute approximate surface area is 88.8 Å². The van der Waals surface area contributed by atoms with Gasteiger partial charge in [0.1, 0.15) is 6.67 Å². The van der Waals surface area contributed by atoms with Crippen LogP contribution in [0.3, 0.4) is 0 Å². The average Bonchev–Trinajstić information content (AvgIpc) is 2.18. The number of alkyl halides is 1. The number of rotatable bonds is 5. The first kappa shape index (κ1) is 11.5. The minimum absolute atomic E-state index is 0.00523. The van der Waals surface area contributed by atoms with Crippen LogP contribution in [0.5, 0.6) is 0 Å². The van der Waals surface area contributed by atoms with E-state index in [0.29, 0.717) is 0 Å². The monoisotopic (exact) mass is 216 g/mol.